The lowest BCUT2D eigenvalue weighted by Gasteiger charge is -2.34. The fraction of sp³-hybridized carbons (Fsp3) is 0.368. The normalized spacial score (nSPS) is 21.4. The van der Waals surface area contributed by atoms with Crippen molar-refractivity contribution in [2.24, 2.45) is 11.8 Å². The molecule has 0 spiro atoms. The van der Waals surface area contributed by atoms with Crippen LogP contribution in [0.1, 0.15) is 20.3 Å². The van der Waals surface area contributed by atoms with E-state index in [1.165, 1.54) is 34.6 Å². The Bertz CT molecular complexity index is 1020. The van der Waals surface area contributed by atoms with Gasteiger partial charge in [0.2, 0.25) is 10.0 Å². The zero-order valence-electron chi connectivity index (χ0n) is 16.2. The molecule has 0 aliphatic carbocycles. The molecule has 2 aromatic rings. The molecule has 164 valence electrons. The second kappa shape index (κ2) is 9.18. The second-order valence-corrected chi connectivity index (χ2v) is 10.7. The standard InChI is InChI=1S/C19H21Cl3N2O5S/c1-11-5-12(2)10-23(9-11)30(27,28)14-7-16(21)19(17(22)8-14)29-18-4-3-13(24(25)26)6-15(18)20/h3-4,6-8,11-12,24-25H,5,9-10H2,1-2H3. The van der Waals surface area contributed by atoms with E-state index in [4.69, 9.17) is 44.7 Å². The third kappa shape index (κ3) is 5.03. The van der Waals surface area contributed by atoms with Crippen LogP contribution in [-0.4, -0.2) is 31.0 Å². The van der Waals surface area contributed by atoms with Crippen LogP contribution < -0.4 is 9.96 Å². The van der Waals surface area contributed by atoms with Crippen molar-refractivity contribution in [2.45, 2.75) is 25.2 Å². The molecule has 3 atom stereocenters. The maximum atomic E-state index is 13.1. The Balaban J connectivity index is 1.91. The largest absolute Gasteiger partial charge is 0.595 e. The van der Waals surface area contributed by atoms with Crippen LogP contribution in [0.2, 0.25) is 15.1 Å². The van der Waals surface area contributed by atoms with Crippen LogP contribution in [0.4, 0.5) is 5.69 Å². The van der Waals surface area contributed by atoms with Gasteiger partial charge in [-0.1, -0.05) is 48.7 Å². The van der Waals surface area contributed by atoms with Crippen LogP contribution in [0.25, 0.3) is 0 Å². The number of hydrogen-bond acceptors (Lipinski definition) is 5. The summed E-state index contributed by atoms with van der Waals surface area (Å²) in [7, 11) is -3.77. The Kier molecular flexibility index (Phi) is 7.21. The smallest absolute Gasteiger partial charge is 0.243 e. The molecule has 1 heterocycles. The van der Waals surface area contributed by atoms with E-state index in [1.807, 2.05) is 13.8 Å². The molecule has 1 aliphatic heterocycles. The third-order valence-electron chi connectivity index (χ3n) is 4.84. The Morgan fingerprint density at radius 3 is 2.13 bits per heavy atom. The predicted molar refractivity (Wildman–Crippen MR) is 115 cm³/mol. The van der Waals surface area contributed by atoms with Gasteiger partial charge in [0, 0.05) is 25.2 Å². The summed E-state index contributed by atoms with van der Waals surface area (Å²) in [6.45, 7) is 4.92. The summed E-state index contributed by atoms with van der Waals surface area (Å²) < 4.78 is 33.3. The number of ether oxygens (including phenoxy) is 1. The van der Waals surface area contributed by atoms with Gasteiger partial charge in [-0.3, -0.25) is 0 Å². The van der Waals surface area contributed by atoms with E-state index in [9.17, 15) is 13.6 Å². The van der Waals surface area contributed by atoms with Gasteiger partial charge in [0.15, 0.2) is 11.4 Å². The van der Waals surface area contributed by atoms with E-state index in [0.29, 0.717) is 13.1 Å². The summed E-state index contributed by atoms with van der Waals surface area (Å²) in [6, 6.07) is 6.52. The fourth-order valence-corrected chi connectivity index (χ4v) is 6.21. The number of rotatable bonds is 5. The van der Waals surface area contributed by atoms with Crippen molar-refractivity contribution in [1.82, 2.24) is 4.31 Å². The molecule has 2 N–H and O–H groups in total. The van der Waals surface area contributed by atoms with E-state index >= 15 is 0 Å². The van der Waals surface area contributed by atoms with Crippen LogP contribution in [0.15, 0.2) is 35.2 Å². The molecule has 3 unspecified atom stereocenters. The minimum atomic E-state index is -3.77. The van der Waals surface area contributed by atoms with Crippen molar-refractivity contribution < 1.29 is 23.6 Å². The summed E-state index contributed by atoms with van der Waals surface area (Å²) in [4.78, 5) is -0.0153. The Labute approximate surface area is 190 Å². The first-order valence-electron chi connectivity index (χ1n) is 9.19. The molecule has 0 radical (unpaired) electrons. The minimum absolute atomic E-state index is 0.00226. The van der Waals surface area contributed by atoms with Crippen LogP contribution in [0, 0.1) is 17.0 Å². The van der Waals surface area contributed by atoms with Crippen LogP contribution in [0.5, 0.6) is 11.5 Å². The first kappa shape index (κ1) is 23.6. The molecule has 0 amide bonds. The van der Waals surface area contributed by atoms with Crippen molar-refractivity contribution in [3.63, 3.8) is 0 Å². The van der Waals surface area contributed by atoms with Crippen LogP contribution in [0.3, 0.4) is 0 Å². The number of piperidine rings is 1. The summed E-state index contributed by atoms with van der Waals surface area (Å²) in [6.07, 6.45) is 0.974. The van der Waals surface area contributed by atoms with Crippen LogP contribution in [-0.2, 0) is 10.0 Å². The molecule has 3 rings (SSSR count). The van der Waals surface area contributed by atoms with Gasteiger partial charge in [0.1, 0.15) is 5.75 Å². The summed E-state index contributed by atoms with van der Waals surface area (Å²) in [5.74, 6) is 0.684. The van der Waals surface area contributed by atoms with E-state index in [0.717, 1.165) is 6.42 Å². The molecular weight excluding hydrogens is 475 g/mol. The SMILES string of the molecule is CC1CC(C)CN(S(=O)(=O)c2cc(Cl)c(Oc3ccc([NH+]([O-])O)cc3Cl)c(Cl)c2)C1. The van der Waals surface area contributed by atoms with Gasteiger partial charge in [0.25, 0.3) is 0 Å². The molecule has 11 heteroatoms. The van der Waals surface area contributed by atoms with Gasteiger partial charge in [0.05, 0.1) is 20.0 Å². The topological polar surface area (TPSA) is 94.3 Å². The van der Waals surface area contributed by atoms with Crippen molar-refractivity contribution >= 4 is 50.5 Å². The summed E-state index contributed by atoms with van der Waals surface area (Å²) >= 11 is 18.7. The first-order valence-corrected chi connectivity index (χ1v) is 11.8. The molecule has 0 bridgehead atoms. The van der Waals surface area contributed by atoms with Gasteiger partial charge in [-0.05, 0) is 36.5 Å². The number of sulfonamides is 1. The van der Waals surface area contributed by atoms with Gasteiger partial charge < -0.3 is 9.94 Å². The van der Waals surface area contributed by atoms with Crippen LogP contribution >= 0.6 is 34.8 Å². The Morgan fingerprint density at radius 1 is 1.07 bits per heavy atom. The minimum Gasteiger partial charge on any atom is -0.595 e. The van der Waals surface area contributed by atoms with E-state index in [1.54, 1.807) is 0 Å². The number of nitrogens with zero attached hydrogens (tertiary/aromatic N) is 1. The zero-order chi connectivity index (χ0) is 22.2. The maximum Gasteiger partial charge on any atom is 0.243 e. The number of benzene rings is 2. The van der Waals surface area contributed by atoms with Gasteiger partial charge in [-0.2, -0.15) is 9.53 Å². The van der Waals surface area contributed by atoms with Gasteiger partial charge in [-0.25, -0.2) is 13.6 Å². The molecule has 7 nitrogen and oxygen atoms in total. The molecule has 30 heavy (non-hydrogen) atoms. The second-order valence-electron chi connectivity index (χ2n) is 7.54. The van der Waals surface area contributed by atoms with Crippen molar-refractivity contribution in [1.29, 1.82) is 0 Å². The highest BCUT2D eigenvalue weighted by Crippen LogP contribution is 2.41. The lowest BCUT2D eigenvalue weighted by atomic mass is 9.94. The highest BCUT2D eigenvalue weighted by molar-refractivity contribution is 7.89. The van der Waals surface area contributed by atoms with Gasteiger partial charge in [-0.15, -0.1) is 0 Å². The quantitative estimate of drug-likeness (QED) is 0.595. The third-order valence-corrected chi connectivity index (χ3v) is 7.50. The monoisotopic (exact) mass is 494 g/mol. The lowest BCUT2D eigenvalue weighted by Crippen LogP contribution is -2.99. The molecule has 1 saturated heterocycles. The summed E-state index contributed by atoms with van der Waals surface area (Å²) in [5, 5.41) is 19.0. The molecule has 2 aromatic carbocycles. The molecule has 0 saturated carbocycles. The number of quaternary nitrogens is 1. The lowest BCUT2D eigenvalue weighted by molar-refractivity contribution is -0.991. The highest BCUT2D eigenvalue weighted by Gasteiger charge is 2.32. The van der Waals surface area contributed by atoms with Crippen molar-refractivity contribution in [3.8, 4) is 11.5 Å². The van der Waals surface area contributed by atoms with Gasteiger partial charge >= 0.3 is 0 Å². The van der Waals surface area contributed by atoms with E-state index in [2.05, 4.69) is 0 Å². The molecule has 1 aliphatic rings. The average Bonchev–Trinajstić information content (AvgIpc) is 2.64. The zero-order valence-corrected chi connectivity index (χ0v) is 19.3. The molecule has 1 fully saturated rings. The van der Waals surface area contributed by atoms with E-state index in [-0.39, 0.29) is 49.0 Å². The highest BCUT2D eigenvalue weighted by atomic mass is 35.5. The summed E-state index contributed by atoms with van der Waals surface area (Å²) in [5.41, 5.74) is -0.00373. The first-order chi connectivity index (χ1) is 14.0. The predicted octanol–water partition coefficient (Wildman–Crippen LogP) is 4.51. The number of hydrogen-bond donors (Lipinski definition) is 2. The molecule has 0 aromatic heterocycles. The number of nitrogens with one attached hydrogen (secondary N) is 1. The average molecular weight is 496 g/mol. The Morgan fingerprint density at radius 2 is 1.63 bits per heavy atom. The van der Waals surface area contributed by atoms with Crippen molar-refractivity contribution in [2.75, 3.05) is 13.1 Å². The van der Waals surface area contributed by atoms with Crippen molar-refractivity contribution in [3.05, 3.63) is 50.6 Å². The Hall–Kier alpha value is -1.10. The van der Waals surface area contributed by atoms with E-state index < -0.39 is 15.2 Å². The maximum absolute atomic E-state index is 13.1. The number of halogens is 3. The fourth-order valence-electron chi connectivity index (χ4n) is 3.56. The molecular formula is C19H21Cl3N2O5S.